The van der Waals surface area contributed by atoms with E-state index >= 15 is 0 Å². The number of aromatic amines is 1. The Hall–Kier alpha value is -3.49. The second-order valence-electron chi connectivity index (χ2n) is 5.43. The number of nitrogens with zero attached hydrogens (tertiary/aromatic N) is 6. The predicted octanol–water partition coefficient (Wildman–Crippen LogP) is 2.31. The lowest BCUT2D eigenvalue weighted by molar-refractivity contribution is 0.397. The Labute approximate surface area is 143 Å². The van der Waals surface area contributed by atoms with Crippen molar-refractivity contribution in [2.24, 2.45) is 0 Å². The van der Waals surface area contributed by atoms with Gasteiger partial charge in [-0.1, -0.05) is 6.07 Å². The maximum atomic E-state index is 5.07. The predicted molar refractivity (Wildman–Crippen MR) is 91.8 cm³/mol. The summed E-state index contributed by atoms with van der Waals surface area (Å²) in [5.74, 6) is 1.72. The lowest BCUT2D eigenvalue weighted by Crippen LogP contribution is -2.11. The first kappa shape index (κ1) is 15.1. The van der Waals surface area contributed by atoms with Crippen LogP contribution in [0.25, 0.3) is 11.2 Å². The Kier molecular flexibility index (Phi) is 3.73. The van der Waals surface area contributed by atoms with Gasteiger partial charge in [-0.2, -0.15) is 10.2 Å². The highest BCUT2D eigenvalue weighted by molar-refractivity contribution is 5.72. The van der Waals surface area contributed by atoms with Crippen LogP contribution in [0.5, 0.6) is 5.88 Å². The van der Waals surface area contributed by atoms with Gasteiger partial charge in [0.15, 0.2) is 17.3 Å². The number of hydrogen-bond donors (Lipinski definition) is 2. The summed E-state index contributed by atoms with van der Waals surface area (Å²) < 4.78 is 6.88. The summed E-state index contributed by atoms with van der Waals surface area (Å²) in [5.41, 5.74) is 2.29. The van der Waals surface area contributed by atoms with Crippen LogP contribution in [-0.2, 0) is 0 Å². The fraction of sp³-hybridized carbons (Fsp3) is 0.188. The van der Waals surface area contributed by atoms with Gasteiger partial charge in [0.25, 0.3) is 0 Å². The zero-order chi connectivity index (χ0) is 17.2. The first-order valence-electron chi connectivity index (χ1n) is 7.72. The van der Waals surface area contributed by atoms with Crippen molar-refractivity contribution >= 4 is 22.8 Å². The molecule has 4 aromatic rings. The number of fused-ring (bicyclic) bond motifs is 1. The molecule has 4 aromatic heterocycles. The highest BCUT2D eigenvalue weighted by Gasteiger charge is 2.15. The second-order valence-corrected chi connectivity index (χ2v) is 5.43. The topological polar surface area (TPSA) is 106 Å². The van der Waals surface area contributed by atoms with Gasteiger partial charge in [0.1, 0.15) is 5.52 Å². The summed E-state index contributed by atoms with van der Waals surface area (Å²) >= 11 is 0. The van der Waals surface area contributed by atoms with Crippen molar-refractivity contribution in [2.75, 3.05) is 12.4 Å². The van der Waals surface area contributed by atoms with E-state index in [-0.39, 0.29) is 6.04 Å². The molecular formula is C16H16N8O. The lowest BCUT2D eigenvalue weighted by Gasteiger charge is -2.12. The van der Waals surface area contributed by atoms with Gasteiger partial charge in [-0.25, -0.2) is 19.7 Å². The smallest absolute Gasteiger partial charge is 0.210 e. The lowest BCUT2D eigenvalue weighted by atomic mass is 10.2. The average molecular weight is 336 g/mol. The van der Waals surface area contributed by atoms with Gasteiger partial charge in [-0.15, -0.1) is 0 Å². The number of methoxy groups -OCH3 is 1. The van der Waals surface area contributed by atoms with E-state index in [1.807, 2.05) is 25.1 Å². The van der Waals surface area contributed by atoms with Crippen LogP contribution in [0.1, 0.15) is 18.7 Å². The van der Waals surface area contributed by atoms with E-state index in [4.69, 9.17) is 4.74 Å². The minimum Gasteiger partial charge on any atom is -0.481 e. The highest BCUT2D eigenvalue weighted by Crippen LogP contribution is 2.22. The van der Waals surface area contributed by atoms with Crippen molar-refractivity contribution in [3.63, 3.8) is 0 Å². The quantitative estimate of drug-likeness (QED) is 0.576. The van der Waals surface area contributed by atoms with Gasteiger partial charge in [0, 0.05) is 12.3 Å². The molecule has 2 N–H and O–H groups in total. The molecule has 4 rings (SSSR count). The maximum absolute atomic E-state index is 5.07. The van der Waals surface area contributed by atoms with Gasteiger partial charge in [-0.3, -0.25) is 4.98 Å². The first-order valence-corrected chi connectivity index (χ1v) is 7.72. The van der Waals surface area contributed by atoms with Crippen LogP contribution in [0.15, 0.2) is 42.9 Å². The molecule has 4 heterocycles. The summed E-state index contributed by atoms with van der Waals surface area (Å²) in [4.78, 5) is 13.4. The van der Waals surface area contributed by atoms with Crippen molar-refractivity contribution in [1.82, 2.24) is 34.9 Å². The van der Waals surface area contributed by atoms with Gasteiger partial charge in [0.2, 0.25) is 5.88 Å². The van der Waals surface area contributed by atoms with E-state index in [0.717, 1.165) is 5.69 Å². The van der Waals surface area contributed by atoms with Crippen LogP contribution in [0.3, 0.4) is 0 Å². The van der Waals surface area contributed by atoms with Crippen LogP contribution in [-0.4, -0.2) is 42.0 Å². The van der Waals surface area contributed by atoms with Crippen molar-refractivity contribution < 1.29 is 4.74 Å². The molecule has 9 heteroatoms. The van der Waals surface area contributed by atoms with Gasteiger partial charge in [-0.05, 0) is 19.1 Å². The molecular weight excluding hydrogens is 320 g/mol. The highest BCUT2D eigenvalue weighted by atomic mass is 16.5. The monoisotopic (exact) mass is 336 g/mol. The average Bonchev–Trinajstić information content (AvgIpc) is 3.28. The number of rotatable bonds is 5. The summed E-state index contributed by atoms with van der Waals surface area (Å²) in [6.07, 6.45) is 5.10. The molecule has 0 spiro atoms. The molecule has 0 bridgehead atoms. The van der Waals surface area contributed by atoms with E-state index in [2.05, 4.69) is 35.6 Å². The summed E-state index contributed by atoms with van der Waals surface area (Å²) in [7, 11) is 1.57. The number of nitrogens with one attached hydrogen (secondary N) is 2. The molecule has 126 valence electrons. The SMILES string of the molecule is COc1cc(Nc2cnc3cnn([C@@H](C)c4ccccn4)c3n2)n[nH]1. The van der Waals surface area contributed by atoms with E-state index in [0.29, 0.717) is 28.7 Å². The third-order valence-electron chi connectivity index (χ3n) is 3.82. The Bertz CT molecular complexity index is 994. The van der Waals surface area contributed by atoms with Gasteiger partial charge in [0.05, 0.1) is 31.2 Å². The standard InChI is InChI=1S/C16H16N8O/c1-10(11-5-3-4-6-17-11)24-16-12(8-19-24)18-9-14(21-16)20-13-7-15(25-2)23-22-13/h3-10H,1-2H3,(H2,20,21,22,23)/t10-/m0/s1. The molecule has 0 aromatic carbocycles. The van der Waals surface area contributed by atoms with Crippen LogP contribution in [0, 0.1) is 0 Å². The molecule has 25 heavy (non-hydrogen) atoms. The first-order chi connectivity index (χ1) is 12.2. The number of anilines is 2. The summed E-state index contributed by atoms with van der Waals surface area (Å²) in [5, 5.41) is 14.4. The second kappa shape index (κ2) is 6.19. The van der Waals surface area contributed by atoms with Gasteiger partial charge >= 0.3 is 0 Å². The van der Waals surface area contributed by atoms with E-state index < -0.39 is 0 Å². The van der Waals surface area contributed by atoms with Crippen LogP contribution in [0.2, 0.25) is 0 Å². The molecule has 0 unspecified atom stereocenters. The number of aromatic nitrogens is 7. The maximum Gasteiger partial charge on any atom is 0.210 e. The Morgan fingerprint density at radius 2 is 2.12 bits per heavy atom. The van der Waals surface area contributed by atoms with Crippen LogP contribution in [0.4, 0.5) is 11.6 Å². The van der Waals surface area contributed by atoms with E-state index in [1.54, 1.807) is 36.4 Å². The van der Waals surface area contributed by atoms with Gasteiger partial charge < -0.3 is 10.1 Å². The molecule has 9 nitrogen and oxygen atoms in total. The third-order valence-corrected chi connectivity index (χ3v) is 3.82. The minimum atomic E-state index is -0.0614. The minimum absolute atomic E-state index is 0.0614. The third kappa shape index (κ3) is 2.87. The Morgan fingerprint density at radius 3 is 2.88 bits per heavy atom. The number of H-pyrrole nitrogens is 1. The zero-order valence-electron chi connectivity index (χ0n) is 13.7. The van der Waals surface area contributed by atoms with Crippen molar-refractivity contribution in [3.8, 4) is 5.88 Å². The van der Waals surface area contributed by atoms with Crippen LogP contribution >= 0.6 is 0 Å². The number of ether oxygens (including phenoxy) is 1. The normalized spacial score (nSPS) is 12.2. The molecule has 0 aliphatic heterocycles. The fourth-order valence-corrected chi connectivity index (χ4v) is 2.52. The number of hydrogen-bond acceptors (Lipinski definition) is 7. The molecule has 0 aliphatic carbocycles. The van der Waals surface area contributed by atoms with Crippen LogP contribution < -0.4 is 10.1 Å². The largest absolute Gasteiger partial charge is 0.481 e. The van der Waals surface area contributed by atoms with Crippen molar-refractivity contribution in [1.29, 1.82) is 0 Å². The molecule has 1 atom stereocenters. The Balaban J connectivity index is 1.67. The summed E-state index contributed by atoms with van der Waals surface area (Å²) in [6.45, 7) is 2.02. The summed E-state index contributed by atoms with van der Waals surface area (Å²) in [6, 6.07) is 7.48. The Morgan fingerprint density at radius 1 is 1.20 bits per heavy atom. The zero-order valence-corrected chi connectivity index (χ0v) is 13.7. The van der Waals surface area contributed by atoms with E-state index in [1.165, 1.54) is 0 Å². The van der Waals surface area contributed by atoms with Crippen molar-refractivity contribution in [3.05, 3.63) is 48.5 Å². The molecule has 0 saturated heterocycles. The molecule has 0 saturated carbocycles. The molecule has 0 radical (unpaired) electrons. The van der Waals surface area contributed by atoms with Crippen molar-refractivity contribution in [2.45, 2.75) is 13.0 Å². The fourth-order valence-electron chi connectivity index (χ4n) is 2.52. The molecule has 0 fully saturated rings. The molecule has 0 aliphatic rings. The number of pyridine rings is 1. The van der Waals surface area contributed by atoms with E-state index in [9.17, 15) is 0 Å². The molecule has 0 amide bonds.